The number of carbonyl (C=O) groups excluding carboxylic acids is 3. The largest absolute Gasteiger partial charge is 0.345 e. The first-order valence-corrected chi connectivity index (χ1v) is 6.98. The Morgan fingerprint density at radius 3 is 2.58 bits per heavy atom. The molecule has 1 saturated heterocycles. The van der Waals surface area contributed by atoms with E-state index in [4.69, 9.17) is 12.2 Å². The van der Waals surface area contributed by atoms with E-state index in [1.54, 1.807) is 6.92 Å². The van der Waals surface area contributed by atoms with Gasteiger partial charge in [-0.2, -0.15) is 0 Å². The number of thiocarbonyl (C=S) groups is 1. The average Bonchev–Trinajstić information content (AvgIpc) is 2.79. The van der Waals surface area contributed by atoms with Crippen molar-refractivity contribution in [3.63, 3.8) is 0 Å². The number of hydrogen-bond donors (Lipinski definition) is 2. The molecule has 0 atom stereocenters. The van der Waals surface area contributed by atoms with Gasteiger partial charge in [0.2, 0.25) is 17.7 Å². The molecule has 0 spiro atoms. The van der Waals surface area contributed by atoms with Gasteiger partial charge in [0, 0.05) is 17.9 Å². The van der Waals surface area contributed by atoms with Crippen molar-refractivity contribution in [3.8, 4) is 0 Å². The molecule has 0 aromatic carbocycles. The van der Waals surface area contributed by atoms with E-state index >= 15 is 0 Å². The summed E-state index contributed by atoms with van der Waals surface area (Å²) in [7, 11) is 0. The van der Waals surface area contributed by atoms with Gasteiger partial charge >= 0.3 is 0 Å². The molecule has 6 nitrogen and oxygen atoms in total. The Morgan fingerprint density at radius 2 is 2.05 bits per heavy atom. The predicted molar refractivity (Wildman–Crippen MR) is 77.6 cm³/mol. The number of hydrogen-bond acceptors (Lipinski definition) is 5. The quantitative estimate of drug-likeness (QED) is 0.536. The molecule has 0 bridgehead atoms. The van der Waals surface area contributed by atoms with Crippen molar-refractivity contribution in [2.45, 2.75) is 6.92 Å². The molecule has 0 aromatic rings. The summed E-state index contributed by atoms with van der Waals surface area (Å²) in [4.78, 5) is 35.7. The number of nitrogens with zero attached hydrogens (tertiary/aromatic N) is 1. The highest BCUT2D eigenvalue weighted by Gasteiger charge is 2.23. The summed E-state index contributed by atoms with van der Waals surface area (Å²) >= 11 is 6.44. The minimum atomic E-state index is -0.430. The van der Waals surface area contributed by atoms with Crippen LogP contribution in [0.15, 0.2) is 12.2 Å². The third-order valence-corrected chi connectivity index (χ3v) is 3.72. The summed E-state index contributed by atoms with van der Waals surface area (Å²) in [6.07, 6.45) is 0. The maximum atomic E-state index is 11.7. The van der Waals surface area contributed by atoms with Crippen molar-refractivity contribution < 1.29 is 14.4 Å². The smallest absolute Gasteiger partial charge is 0.247 e. The molecule has 104 valence electrons. The Bertz CT molecular complexity index is 437. The second-order valence-corrected chi connectivity index (χ2v) is 5.63. The van der Waals surface area contributed by atoms with Crippen molar-refractivity contribution in [3.05, 3.63) is 12.2 Å². The van der Waals surface area contributed by atoms with Crippen molar-refractivity contribution in [2.24, 2.45) is 0 Å². The molecular formula is C11H15N3O3S2. The van der Waals surface area contributed by atoms with Crippen LogP contribution in [0.5, 0.6) is 0 Å². The van der Waals surface area contributed by atoms with Crippen molar-refractivity contribution in [1.82, 2.24) is 15.5 Å². The van der Waals surface area contributed by atoms with Gasteiger partial charge in [0.1, 0.15) is 4.32 Å². The van der Waals surface area contributed by atoms with Crippen LogP contribution in [-0.2, 0) is 14.4 Å². The predicted octanol–water partition coefficient (Wildman–Crippen LogP) is -0.345. The van der Waals surface area contributed by atoms with Crippen molar-refractivity contribution in [2.75, 3.05) is 25.4 Å². The first-order valence-electron chi connectivity index (χ1n) is 5.59. The average molecular weight is 301 g/mol. The van der Waals surface area contributed by atoms with Gasteiger partial charge in [-0.25, -0.2) is 0 Å². The standard InChI is InChI=1S/C11H15N3O3S2/c1-7(2)10(17)13-5-8(15)12-6-9(16)14-3-4-19-11(14)18/h1,3-6H2,2H3,(H,12,15)(H,13,17). The fraction of sp³-hybridized carbons (Fsp3) is 0.455. The van der Waals surface area contributed by atoms with E-state index in [1.165, 1.54) is 16.7 Å². The lowest BCUT2D eigenvalue weighted by atomic mass is 10.3. The highest BCUT2D eigenvalue weighted by molar-refractivity contribution is 8.23. The van der Waals surface area contributed by atoms with E-state index < -0.39 is 11.8 Å². The van der Waals surface area contributed by atoms with Gasteiger partial charge in [-0.3, -0.25) is 19.3 Å². The second-order valence-electron chi connectivity index (χ2n) is 3.90. The van der Waals surface area contributed by atoms with Gasteiger partial charge in [0.25, 0.3) is 0 Å². The van der Waals surface area contributed by atoms with Crippen LogP contribution in [0.3, 0.4) is 0 Å². The Kier molecular flexibility index (Phi) is 5.97. The maximum Gasteiger partial charge on any atom is 0.247 e. The molecule has 1 aliphatic rings. The molecule has 0 saturated carbocycles. The fourth-order valence-corrected chi connectivity index (χ4v) is 2.50. The molecule has 0 aliphatic carbocycles. The highest BCUT2D eigenvalue weighted by Crippen LogP contribution is 2.17. The lowest BCUT2D eigenvalue weighted by Crippen LogP contribution is -2.43. The van der Waals surface area contributed by atoms with E-state index in [9.17, 15) is 14.4 Å². The van der Waals surface area contributed by atoms with Crippen LogP contribution < -0.4 is 10.6 Å². The zero-order chi connectivity index (χ0) is 14.4. The Balaban J connectivity index is 2.26. The van der Waals surface area contributed by atoms with Crippen LogP contribution in [0.4, 0.5) is 0 Å². The second kappa shape index (κ2) is 7.25. The van der Waals surface area contributed by atoms with Crippen LogP contribution in [-0.4, -0.2) is 52.3 Å². The van der Waals surface area contributed by atoms with Gasteiger partial charge < -0.3 is 10.6 Å². The molecule has 1 rings (SSSR count). The SMILES string of the molecule is C=C(C)C(=O)NCC(=O)NCC(=O)N1CCSC1=S. The van der Waals surface area contributed by atoms with Gasteiger partial charge in [0.15, 0.2) is 0 Å². The lowest BCUT2D eigenvalue weighted by Gasteiger charge is -2.15. The van der Waals surface area contributed by atoms with E-state index in [0.29, 0.717) is 16.4 Å². The number of carbonyl (C=O) groups is 3. The summed E-state index contributed by atoms with van der Waals surface area (Å²) in [5.41, 5.74) is 0.323. The van der Waals surface area contributed by atoms with Gasteiger partial charge in [-0.1, -0.05) is 30.6 Å². The Morgan fingerprint density at radius 1 is 1.37 bits per heavy atom. The van der Waals surface area contributed by atoms with Crippen LogP contribution >= 0.6 is 24.0 Å². The van der Waals surface area contributed by atoms with Crippen LogP contribution in [0.25, 0.3) is 0 Å². The molecule has 1 aliphatic heterocycles. The van der Waals surface area contributed by atoms with E-state index in [-0.39, 0.29) is 19.0 Å². The molecule has 2 N–H and O–H groups in total. The Hall–Kier alpha value is -1.41. The van der Waals surface area contributed by atoms with Crippen molar-refractivity contribution in [1.29, 1.82) is 0 Å². The highest BCUT2D eigenvalue weighted by atomic mass is 32.2. The molecule has 0 aromatic heterocycles. The van der Waals surface area contributed by atoms with Crippen molar-refractivity contribution >= 4 is 46.0 Å². The van der Waals surface area contributed by atoms with E-state index in [1.807, 2.05) is 0 Å². The topological polar surface area (TPSA) is 78.5 Å². The minimum Gasteiger partial charge on any atom is -0.345 e. The molecule has 0 unspecified atom stereocenters. The van der Waals surface area contributed by atoms with E-state index in [0.717, 1.165) is 5.75 Å². The number of amides is 3. The van der Waals surface area contributed by atoms with E-state index in [2.05, 4.69) is 17.2 Å². The fourth-order valence-electron chi connectivity index (χ4n) is 1.26. The number of nitrogens with one attached hydrogen (secondary N) is 2. The molecule has 8 heteroatoms. The summed E-state index contributed by atoms with van der Waals surface area (Å²) in [5.74, 6) is -0.276. The number of rotatable bonds is 5. The van der Waals surface area contributed by atoms with Crippen LogP contribution in [0, 0.1) is 0 Å². The minimum absolute atomic E-state index is 0.123. The Labute approximate surface area is 121 Å². The maximum absolute atomic E-state index is 11.7. The first-order chi connectivity index (χ1) is 8.91. The molecule has 1 fully saturated rings. The summed E-state index contributed by atoms with van der Waals surface area (Å²) < 4.78 is 0.537. The monoisotopic (exact) mass is 301 g/mol. The van der Waals surface area contributed by atoms with Gasteiger partial charge in [-0.05, 0) is 6.92 Å². The van der Waals surface area contributed by atoms with Gasteiger partial charge in [-0.15, -0.1) is 0 Å². The molecule has 3 amide bonds. The number of thioether (sulfide) groups is 1. The molecule has 0 radical (unpaired) electrons. The normalized spacial score (nSPS) is 14.2. The summed E-state index contributed by atoms with van der Waals surface area (Å²) in [6.45, 7) is 5.26. The zero-order valence-corrected chi connectivity index (χ0v) is 12.2. The summed E-state index contributed by atoms with van der Waals surface area (Å²) in [5, 5.41) is 4.81. The van der Waals surface area contributed by atoms with Crippen LogP contribution in [0.1, 0.15) is 6.92 Å². The third-order valence-electron chi connectivity index (χ3n) is 2.30. The zero-order valence-electron chi connectivity index (χ0n) is 10.5. The lowest BCUT2D eigenvalue weighted by molar-refractivity contribution is -0.129. The summed E-state index contributed by atoms with van der Waals surface area (Å²) in [6, 6.07) is 0. The third kappa shape index (κ3) is 4.99. The molecule has 19 heavy (non-hydrogen) atoms. The van der Waals surface area contributed by atoms with Crippen LogP contribution in [0.2, 0.25) is 0 Å². The molecule has 1 heterocycles. The molecular weight excluding hydrogens is 286 g/mol. The first kappa shape index (κ1) is 15.6. The van der Waals surface area contributed by atoms with Gasteiger partial charge in [0.05, 0.1) is 13.1 Å².